The number of isothiocyanates is 1. The van der Waals surface area contributed by atoms with Crippen molar-refractivity contribution in [2.24, 2.45) is 22.7 Å². The maximum absolute atomic E-state index is 14.7. The molecule has 0 N–H and O–H groups in total. The molecule has 2 aliphatic carbocycles. The zero-order valence-corrected chi connectivity index (χ0v) is 18.2. The third-order valence-corrected chi connectivity index (χ3v) is 7.30. The van der Waals surface area contributed by atoms with Crippen LogP contribution in [0.4, 0.5) is 10.1 Å². The van der Waals surface area contributed by atoms with E-state index in [0.29, 0.717) is 11.7 Å². The summed E-state index contributed by atoms with van der Waals surface area (Å²) in [5.74, 6) is 3.06. The predicted octanol–water partition coefficient (Wildman–Crippen LogP) is 7.84. The number of unbranched alkanes of at least 4 members (excludes halogenated alkanes) is 1. The van der Waals surface area contributed by atoms with Crippen molar-refractivity contribution in [3.8, 4) is 5.75 Å². The van der Waals surface area contributed by atoms with E-state index in [1.807, 2.05) is 6.07 Å². The van der Waals surface area contributed by atoms with Crippen LogP contribution in [0.1, 0.15) is 89.0 Å². The molecule has 0 atom stereocenters. The zero-order chi connectivity index (χ0) is 19.9. The number of ether oxygens (including phenoxy) is 1. The van der Waals surface area contributed by atoms with Gasteiger partial charge in [-0.2, -0.15) is 4.99 Å². The summed E-state index contributed by atoms with van der Waals surface area (Å²) in [6, 6.07) is 3.67. The number of rotatable bonds is 7. The summed E-state index contributed by atoms with van der Waals surface area (Å²) in [4.78, 5) is 3.81. The van der Waals surface area contributed by atoms with Gasteiger partial charge < -0.3 is 4.74 Å². The van der Waals surface area contributed by atoms with Gasteiger partial charge in [-0.1, -0.05) is 45.1 Å². The second-order valence-corrected chi connectivity index (χ2v) is 8.94. The Hall–Kier alpha value is -1.25. The van der Waals surface area contributed by atoms with Crippen molar-refractivity contribution < 1.29 is 9.13 Å². The number of thiocarbonyl (C=S) groups is 1. The van der Waals surface area contributed by atoms with Crippen LogP contribution in [-0.2, 0) is 0 Å². The lowest BCUT2D eigenvalue weighted by Crippen LogP contribution is -2.25. The van der Waals surface area contributed by atoms with Crippen molar-refractivity contribution in [1.29, 1.82) is 0 Å². The molecular weight excluding hydrogens is 369 g/mol. The van der Waals surface area contributed by atoms with E-state index >= 15 is 0 Å². The topological polar surface area (TPSA) is 21.6 Å². The largest absolute Gasteiger partial charge is 0.493 e. The summed E-state index contributed by atoms with van der Waals surface area (Å²) < 4.78 is 20.1. The third-order valence-electron chi connectivity index (χ3n) is 7.21. The van der Waals surface area contributed by atoms with Crippen molar-refractivity contribution in [2.45, 2.75) is 83.5 Å². The van der Waals surface area contributed by atoms with Crippen LogP contribution in [0.2, 0.25) is 0 Å². The molecule has 3 rings (SSSR count). The van der Waals surface area contributed by atoms with Crippen LogP contribution < -0.4 is 4.74 Å². The van der Waals surface area contributed by atoms with Crippen LogP contribution in [0.5, 0.6) is 5.75 Å². The maximum Gasteiger partial charge on any atom is 0.191 e. The monoisotopic (exact) mass is 403 g/mol. The lowest BCUT2D eigenvalue weighted by molar-refractivity contribution is 0.155. The first kappa shape index (κ1) is 21.5. The molecule has 1 aromatic rings. The van der Waals surface area contributed by atoms with Gasteiger partial charge in [0.1, 0.15) is 5.69 Å². The minimum Gasteiger partial charge on any atom is -0.493 e. The molecule has 4 heteroatoms. The van der Waals surface area contributed by atoms with E-state index in [-0.39, 0.29) is 5.69 Å². The van der Waals surface area contributed by atoms with Gasteiger partial charge in [0.25, 0.3) is 0 Å². The molecule has 2 fully saturated rings. The summed E-state index contributed by atoms with van der Waals surface area (Å²) in [5.41, 5.74) is 1.20. The standard InChI is InChI=1S/C24H34FNOS/c1-3-4-5-17-6-8-18(9-7-17)19-10-12-20(13-11-19)21-14-15-22(26-16-28)23(25)24(21)27-2/h14-15,17-20H,3-13H2,1-2H3/t17-,18-,19-,20-. The Kier molecular flexibility index (Phi) is 8.05. The Morgan fingerprint density at radius 3 is 2.29 bits per heavy atom. The van der Waals surface area contributed by atoms with E-state index in [0.717, 1.165) is 36.2 Å². The quantitative estimate of drug-likeness (QED) is 0.341. The molecule has 1 aromatic carbocycles. The first-order valence-electron chi connectivity index (χ1n) is 11.1. The van der Waals surface area contributed by atoms with Gasteiger partial charge in [-0.3, -0.25) is 0 Å². The molecule has 2 saturated carbocycles. The van der Waals surface area contributed by atoms with E-state index in [9.17, 15) is 4.39 Å². The molecule has 0 unspecified atom stereocenters. The lowest BCUT2D eigenvalue weighted by atomic mass is 9.68. The fourth-order valence-electron chi connectivity index (χ4n) is 5.57. The number of benzene rings is 1. The lowest BCUT2D eigenvalue weighted by Gasteiger charge is -2.38. The number of hydrogen-bond acceptors (Lipinski definition) is 3. The molecule has 28 heavy (non-hydrogen) atoms. The van der Waals surface area contributed by atoms with Gasteiger partial charge in [-0.15, -0.1) is 0 Å². The first-order chi connectivity index (χ1) is 13.7. The zero-order valence-electron chi connectivity index (χ0n) is 17.4. The fraction of sp³-hybridized carbons (Fsp3) is 0.708. The minimum absolute atomic E-state index is 0.212. The average Bonchev–Trinajstić information content (AvgIpc) is 2.74. The molecule has 0 radical (unpaired) electrons. The van der Waals surface area contributed by atoms with E-state index in [2.05, 4.69) is 29.3 Å². The second kappa shape index (κ2) is 10.5. The SMILES string of the molecule is CCCC[C@H]1CC[C@H]([C@H]2CC[C@H](c3ccc(N=C=S)c(F)c3OC)CC2)CC1. The van der Waals surface area contributed by atoms with Crippen LogP contribution in [0.25, 0.3) is 0 Å². The summed E-state index contributed by atoms with van der Waals surface area (Å²) in [7, 11) is 1.54. The highest BCUT2D eigenvalue weighted by Crippen LogP contribution is 2.47. The highest BCUT2D eigenvalue weighted by atomic mass is 32.1. The van der Waals surface area contributed by atoms with Crippen molar-refractivity contribution in [3.63, 3.8) is 0 Å². The Balaban J connectivity index is 1.57. The van der Waals surface area contributed by atoms with Gasteiger partial charge in [0.05, 0.1) is 12.3 Å². The highest BCUT2D eigenvalue weighted by Gasteiger charge is 2.32. The summed E-state index contributed by atoms with van der Waals surface area (Å²) in [6.07, 6.45) is 14.7. The van der Waals surface area contributed by atoms with Gasteiger partial charge in [0, 0.05) is 5.56 Å². The molecular formula is C24H34FNOS. The molecule has 0 aromatic heterocycles. The van der Waals surface area contributed by atoms with Crippen molar-refractivity contribution in [1.82, 2.24) is 0 Å². The molecule has 2 nitrogen and oxygen atoms in total. The number of halogens is 1. The van der Waals surface area contributed by atoms with E-state index in [4.69, 9.17) is 4.74 Å². The smallest absolute Gasteiger partial charge is 0.191 e. The second-order valence-electron chi connectivity index (χ2n) is 8.76. The third kappa shape index (κ3) is 5.02. The molecule has 0 spiro atoms. The van der Waals surface area contributed by atoms with Gasteiger partial charge >= 0.3 is 0 Å². The molecule has 0 saturated heterocycles. The van der Waals surface area contributed by atoms with Crippen molar-refractivity contribution >= 4 is 23.1 Å². The van der Waals surface area contributed by atoms with E-state index < -0.39 is 5.82 Å². The van der Waals surface area contributed by atoms with Crippen LogP contribution in [0.3, 0.4) is 0 Å². The predicted molar refractivity (Wildman–Crippen MR) is 117 cm³/mol. The number of hydrogen-bond donors (Lipinski definition) is 0. The summed E-state index contributed by atoms with van der Waals surface area (Å²) >= 11 is 4.61. The first-order valence-corrected chi connectivity index (χ1v) is 11.5. The summed E-state index contributed by atoms with van der Waals surface area (Å²) in [6.45, 7) is 2.29. The molecule has 0 bridgehead atoms. The minimum atomic E-state index is -0.412. The number of methoxy groups -OCH3 is 1. The van der Waals surface area contributed by atoms with Gasteiger partial charge in [0.15, 0.2) is 11.6 Å². The molecule has 154 valence electrons. The number of aliphatic imine (C=N–C) groups is 1. The van der Waals surface area contributed by atoms with Gasteiger partial charge in [0.2, 0.25) is 0 Å². The maximum atomic E-state index is 14.7. The average molecular weight is 404 g/mol. The number of nitrogens with zero attached hydrogens (tertiary/aromatic N) is 1. The van der Waals surface area contributed by atoms with Crippen LogP contribution in [0, 0.1) is 23.6 Å². The van der Waals surface area contributed by atoms with Gasteiger partial charge in [-0.05, 0) is 80.5 Å². The Morgan fingerprint density at radius 1 is 1.07 bits per heavy atom. The van der Waals surface area contributed by atoms with Crippen molar-refractivity contribution in [2.75, 3.05) is 7.11 Å². The molecule has 0 heterocycles. The van der Waals surface area contributed by atoms with Crippen LogP contribution >= 0.6 is 12.2 Å². The Bertz CT molecular complexity index is 684. The molecule has 2 aliphatic rings. The van der Waals surface area contributed by atoms with Gasteiger partial charge in [-0.25, -0.2) is 4.39 Å². The Labute approximate surface area is 175 Å². The fourth-order valence-corrected chi connectivity index (χ4v) is 5.67. The normalized spacial score (nSPS) is 27.8. The molecule has 0 aliphatic heterocycles. The molecule has 0 amide bonds. The van der Waals surface area contributed by atoms with Crippen LogP contribution in [-0.4, -0.2) is 12.3 Å². The highest BCUT2D eigenvalue weighted by molar-refractivity contribution is 7.78. The Morgan fingerprint density at radius 2 is 1.71 bits per heavy atom. The van der Waals surface area contributed by atoms with E-state index in [1.54, 1.807) is 6.07 Å². The van der Waals surface area contributed by atoms with Crippen molar-refractivity contribution in [3.05, 3.63) is 23.5 Å². The summed E-state index contributed by atoms with van der Waals surface area (Å²) in [5, 5.41) is 2.24. The van der Waals surface area contributed by atoms with E-state index in [1.165, 1.54) is 64.9 Å². The van der Waals surface area contributed by atoms with Crippen LogP contribution in [0.15, 0.2) is 17.1 Å².